The summed E-state index contributed by atoms with van der Waals surface area (Å²) in [6.45, 7) is -0.910. The van der Waals surface area contributed by atoms with Crippen LogP contribution in [0.2, 0.25) is 0 Å². The summed E-state index contributed by atoms with van der Waals surface area (Å²) in [4.78, 5) is 18.3. The van der Waals surface area contributed by atoms with E-state index in [1.54, 1.807) is 0 Å². The number of carbonyl (C=O) groups is 1. The molecule has 38 heavy (non-hydrogen) atoms. The minimum absolute atomic E-state index is 0.175. The normalized spacial score (nSPS) is 35.3. The van der Waals surface area contributed by atoms with Crippen LogP contribution >= 0.6 is 0 Å². The fraction of sp³-hybridized carbons (Fsp3) is 0.955. The quantitative estimate of drug-likeness (QED) is 0.0328. The van der Waals surface area contributed by atoms with Gasteiger partial charge < -0.3 is 59.2 Å². The standard InChI is InChI=1S/C22H39N3O13/c1-33-14(27)8-6-4-2-3-5-7-9-34-22-20(18(31)16(29)13(37-22)11-35-25-24-23)38-21-19(32)17(30)15(28)12(10-26)36-21/h12-13,15-22,26,28-32H,2-11H2,1H3/t12-,13-,15-,16-,17+,18+,19-,20-,21-,22+/m1/s1. The van der Waals surface area contributed by atoms with Crippen LogP contribution in [0, 0.1) is 0 Å². The molecular formula is C22H39N3O13. The molecule has 220 valence electrons. The Morgan fingerprint density at radius 3 is 2.16 bits per heavy atom. The average molecular weight is 554 g/mol. The number of aliphatic hydroxyl groups is 6. The lowest BCUT2D eigenvalue weighted by Crippen LogP contribution is -2.64. The number of rotatable bonds is 16. The summed E-state index contributed by atoms with van der Waals surface area (Å²) in [7, 11) is 1.35. The van der Waals surface area contributed by atoms with E-state index < -0.39 is 74.6 Å². The molecule has 2 fully saturated rings. The van der Waals surface area contributed by atoms with E-state index in [2.05, 4.69) is 14.9 Å². The summed E-state index contributed by atoms with van der Waals surface area (Å²) < 4.78 is 27.0. The van der Waals surface area contributed by atoms with Crippen molar-refractivity contribution >= 4 is 5.97 Å². The Labute approximate surface area is 219 Å². The van der Waals surface area contributed by atoms with Gasteiger partial charge in [-0.15, -0.1) is 0 Å². The summed E-state index contributed by atoms with van der Waals surface area (Å²) in [5, 5.41) is 63.9. The summed E-state index contributed by atoms with van der Waals surface area (Å²) in [5.74, 6) is -0.234. The maximum atomic E-state index is 11.1. The minimum atomic E-state index is -1.75. The van der Waals surface area contributed by atoms with Gasteiger partial charge in [0.1, 0.15) is 60.7 Å². The lowest BCUT2D eigenvalue weighted by molar-refractivity contribution is -0.367. The SMILES string of the molecule is COC(=O)CCCCCCCCO[C@H]1O[C@H](CON=[N+]=[N-])[C@@H](O)[C@H](O)[C@H]1O[C@H]1O[C@H](CO)[C@@H](O)[C@H](O)[C@H]1O. The summed E-state index contributed by atoms with van der Waals surface area (Å²) >= 11 is 0. The fourth-order valence-corrected chi connectivity index (χ4v) is 4.17. The van der Waals surface area contributed by atoms with Gasteiger partial charge >= 0.3 is 5.97 Å². The molecule has 0 aromatic heterocycles. The Kier molecular flexibility index (Phi) is 14.5. The Bertz CT molecular complexity index is 741. The first-order valence-corrected chi connectivity index (χ1v) is 12.6. The van der Waals surface area contributed by atoms with Crippen LogP contribution in [0.15, 0.2) is 5.28 Å². The number of hydrogen-bond donors (Lipinski definition) is 6. The van der Waals surface area contributed by atoms with Gasteiger partial charge in [0.05, 0.1) is 13.7 Å². The maximum Gasteiger partial charge on any atom is 0.305 e. The molecule has 2 rings (SSSR count). The van der Waals surface area contributed by atoms with E-state index in [1.165, 1.54) is 7.11 Å². The third kappa shape index (κ3) is 9.43. The molecule has 16 heteroatoms. The number of nitrogens with zero attached hydrogens (tertiary/aromatic N) is 3. The Hall–Kier alpha value is -1.82. The van der Waals surface area contributed by atoms with Crippen molar-refractivity contribution in [3.05, 3.63) is 10.4 Å². The van der Waals surface area contributed by atoms with Crippen LogP contribution < -0.4 is 0 Å². The third-order valence-electron chi connectivity index (χ3n) is 6.40. The number of hydrogen-bond acceptors (Lipinski definition) is 14. The molecule has 0 aliphatic carbocycles. The predicted octanol–water partition coefficient (Wildman–Crippen LogP) is -1.22. The molecule has 2 saturated heterocycles. The molecule has 6 N–H and O–H groups in total. The van der Waals surface area contributed by atoms with Crippen molar-refractivity contribution in [1.29, 1.82) is 0 Å². The number of ether oxygens (including phenoxy) is 5. The molecule has 10 atom stereocenters. The molecule has 2 heterocycles. The van der Waals surface area contributed by atoms with Crippen molar-refractivity contribution in [2.24, 2.45) is 5.28 Å². The van der Waals surface area contributed by atoms with Crippen LogP contribution in [0.4, 0.5) is 0 Å². The monoisotopic (exact) mass is 553 g/mol. The third-order valence-corrected chi connectivity index (χ3v) is 6.40. The second-order valence-corrected chi connectivity index (χ2v) is 9.11. The topological polar surface area (TPSA) is 243 Å². The lowest BCUT2D eigenvalue weighted by atomic mass is 9.97. The zero-order valence-electron chi connectivity index (χ0n) is 21.2. The molecule has 0 bridgehead atoms. The van der Waals surface area contributed by atoms with E-state index in [0.717, 1.165) is 32.1 Å². The number of esters is 1. The highest BCUT2D eigenvalue weighted by Crippen LogP contribution is 2.30. The smallest absolute Gasteiger partial charge is 0.305 e. The molecule has 0 aromatic carbocycles. The summed E-state index contributed by atoms with van der Waals surface area (Å²) in [6.07, 6.45) is -9.77. The zero-order valence-corrected chi connectivity index (χ0v) is 21.2. The van der Waals surface area contributed by atoms with E-state index in [1.807, 2.05) is 0 Å². The fourth-order valence-electron chi connectivity index (χ4n) is 4.17. The number of carbonyl (C=O) groups excluding carboxylic acids is 1. The zero-order chi connectivity index (χ0) is 28.1. The van der Waals surface area contributed by atoms with Crippen molar-refractivity contribution in [2.75, 3.05) is 26.9 Å². The van der Waals surface area contributed by atoms with Crippen molar-refractivity contribution in [2.45, 2.75) is 106 Å². The van der Waals surface area contributed by atoms with Crippen molar-refractivity contribution in [1.82, 2.24) is 0 Å². The minimum Gasteiger partial charge on any atom is -0.469 e. The first-order chi connectivity index (χ1) is 18.2. The number of azide groups is 1. The van der Waals surface area contributed by atoms with Gasteiger partial charge in [-0.2, -0.15) is 0 Å². The molecule has 0 spiro atoms. The van der Waals surface area contributed by atoms with E-state index in [0.29, 0.717) is 12.8 Å². The highest BCUT2D eigenvalue weighted by Gasteiger charge is 2.51. The maximum absolute atomic E-state index is 11.1. The molecular weight excluding hydrogens is 514 g/mol. The highest BCUT2D eigenvalue weighted by molar-refractivity contribution is 5.68. The first kappa shape index (κ1) is 32.4. The second kappa shape index (κ2) is 17.0. The van der Waals surface area contributed by atoms with Crippen molar-refractivity contribution in [3.63, 3.8) is 0 Å². The van der Waals surface area contributed by atoms with E-state index in [-0.39, 0.29) is 12.6 Å². The van der Waals surface area contributed by atoms with Gasteiger partial charge in [-0.3, -0.25) is 4.79 Å². The van der Waals surface area contributed by atoms with Crippen LogP contribution in [0.3, 0.4) is 0 Å². The van der Waals surface area contributed by atoms with Crippen LogP contribution in [-0.2, 0) is 33.3 Å². The largest absolute Gasteiger partial charge is 0.469 e. The van der Waals surface area contributed by atoms with Crippen LogP contribution in [-0.4, -0.2) is 125 Å². The van der Waals surface area contributed by atoms with Gasteiger partial charge in [0.25, 0.3) is 0 Å². The van der Waals surface area contributed by atoms with Gasteiger partial charge in [0.15, 0.2) is 12.6 Å². The van der Waals surface area contributed by atoms with Gasteiger partial charge in [-0.05, 0) is 18.4 Å². The Balaban J connectivity index is 1.94. The molecule has 0 saturated carbocycles. The van der Waals surface area contributed by atoms with Crippen LogP contribution in [0.1, 0.15) is 44.9 Å². The van der Waals surface area contributed by atoms with Gasteiger partial charge in [-0.1, -0.05) is 25.7 Å². The highest BCUT2D eigenvalue weighted by atomic mass is 16.8. The Morgan fingerprint density at radius 1 is 0.868 bits per heavy atom. The number of aliphatic hydroxyl groups excluding tert-OH is 6. The summed E-state index contributed by atoms with van der Waals surface area (Å²) in [5.41, 5.74) is 8.39. The van der Waals surface area contributed by atoms with E-state index >= 15 is 0 Å². The Morgan fingerprint density at radius 2 is 1.50 bits per heavy atom. The molecule has 0 aromatic rings. The molecule has 2 aliphatic rings. The van der Waals surface area contributed by atoms with Crippen LogP contribution in [0.5, 0.6) is 0 Å². The van der Waals surface area contributed by atoms with Crippen molar-refractivity contribution in [3.8, 4) is 0 Å². The second-order valence-electron chi connectivity index (χ2n) is 9.11. The summed E-state index contributed by atoms with van der Waals surface area (Å²) in [6, 6.07) is 0. The molecule has 2 aliphatic heterocycles. The van der Waals surface area contributed by atoms with Gasteiger partial charge in [-0.25, -0.2) is 0 Å². The van der Waals surface area contributed by atoms with E-state index in [4.69, 9.17) is 29.3 Å². The van der Waals surface area contributed by atoms with Gasteiger partial charge in [0.2, 0.25) is 0 Å². The molecule has 0 amide bonds. The molecule has 0 unspecified atom stereocenters. The first-order valence-electron chi connectivity index (χ1n) is 12.6. The predicted molar refractivity (Wildman–Crippen MR) is 125 cm³/mol. The van der Waals surface area contributed by atoms with Crippen LogP contribution in [0.25, 0.3) is 10.4 Å². The van der Waals surface area contributed by atoms with Gasteiger partial charge in [0, 0.05) is 17.9 Å². The van der Waals surface area contributed by atoms with Crippen molar-refractivity contribution < 1.29 is 64.0 Å². The number of unbranched alkanes of at least 4 members (excludes halogenated alkanes) is 5. The lowest BCUT2D eigenvalue weighted by Gasteiger charge is -2.46. The molecule has 0 radical (unpaired) electrons. The molecule has 16 nitrogen and oxygen atoms in total. The number of methoxy groups -OCH3 is 1. The average Bonchev–Trinajstić information content (AvgIpc) is 2.91. The van der Waals surface area contributed by atoms with E-state index in [9.17, 15) is 35.4 Å².